The minimum Gasteiger partial charge on any atom is -0.393 e. The van der Waals surface area contributed by atoms with Gasteiger partial charge in [-0.25, -0.2) is 9.98 Å². The second-order valence-corrected chi connectivity index (χ2v) is 10.3. The number of amidine groups is 1. The van der Waals surface area contributed by atoms with Gasteiger partial charge in [-0.2, -0.15) is 10.4 Å². The molecule has 9 heteroatoms. The summed E-state index contributed by atoms with van der Waals surface area (Å²) in [6.07, 6.45) is 3.88. The number of aliphatic hydroxyl groups excluding tert-OH is 1. The largest absolute Gasteiger partial charge is 0.393 e. The molecule has 1 aliphatic rings. The highest BCUT2D eigenvalue weighted by Gasteiger charge is 2.29. The number of nitrogens with zero attached hydrogens (tertiary/aromatic N) is 7. The lowest BCUT2D eigenvalue weighted by atomic mass is 9.96. The summed E-state index contributed by atoms with van der Waals surface area (Å²) < 4.78 is 1.90. The van der Waals surface area contributed by atoms with Gasteiger partial charge in [0.15, 0.2) is 0 Å². The maximum Gasteiger partial charge on any atom is 0.133 e. The first-order chi connectivity index (χ1) is 20.1. The first-order valence-corrected chi connectivity index (χ1v) is 14.0. The molecule has 0 spiro atoms. The Balaban J connectivity index is 1.87. The topological polar surface area (TPSA) is 119 Å². The Morgan fingerprint density at radius 3 is 2.55 bits per heavy atom. The number of benzene rings is 2. The number of rotatable bonds is 11. The molecule has 1 aromatic heterocycles. The standard InChI is InChI=1S/C33H38N8O/c1-7-40-20-27(19-36-40)29-14-11-15-31-33(29)25(5)41(28-12-9-8-10-13-28)32(38-31)21-39(17-16-22(2)42)24(4)30(18-34)23(3)37-26(6)35/h8-15,19-20,22,42H,5-7,16-17,21,35H2,1-4H3/b30-24+,37-23-. The fourth-order valence-electron chi connectivity index (χ4n) is 5.03. The lowest BCUT2D eigenvalue weighted by Gasteiger charge is -2.37. The SMILES string of the molecule is C=C(N)/N=C(C)\C(C#N)=C(/C)N(CCC(C)O)CC1=Nc2cccc(-c3cnn(CC)c3)c2C(=C)N1c1ccccc1. The van der Waals surface area contributed by atoms with E-state index in [4.69, 9.17) is 10.7 Å². The lowest BCUT2D eigenvalue weighted by Crippen LogP contribution is -2.41. The van der Waals surface area contributed by atoms with Crippen molar-refractivity contribution >= 4 is 28.6 Å². The Kier molecular flexibility index (Phi) is 9.40. The van der Waals surface area contributed by atoms with Gasteiger partial charge < -0.3 is 15.7 Å². The van der Waals surface area contributed by atoms with E-state index in [2.05, 4.69) is 47.2 Å². The summed E-state index contributed by atoms with van der Waals surface area (Å²) in [7, 11) is 0. The van der Waals surface area contributed by atoms with E-state index >= 15 is 0 Å². The predicted octanol–water partition coefficient (Wildman–Crippen LogP) is 5.85. The third-order valence-electron chi connectivity index (χ3n) is 7.16. The molecule has 0 amide bonds. The molecule has 0 saturated heterocycles. The summed E-state index contributed by atoms with van der Waals surface area (Å²) in [6, 6.07) is 18.3. The van der Waals surface area contributed by atoms with Crippen LogP contribution in [0.5, 0.6) is 0 Å². The number of hydrogen-bond donors (Lipinski definition) is 2. The van der Waals surface area contributed by atoms with Gasteiger partial charge in [-0.1, -0.05) is 43.5 Å². The fourth-order valence-corrected chi connectivity index (χ4v) is 5.03. The smallest absolute Gasteiger partial charge is 0.133 e. The number of aliphatic hydroxyl groups is 1. The van der Waals surface area contributed by atoms with E-state index in [9.17, 15) is 10.4 Å². The number of aromatic nitrogens is 2. The molecule has 0 bridgehead atoms. The average molecular weight is 563 g/mol. The number of nitrogens with two attached hydrogens (primary N) is 1. The molecule has 3 aromatic rings. The second-order valence-electron chi connectivity index (χ2n) is 10.3. The summed E-state index contributed by atoms with van der Waals surface area (Å²) in [5, 5.41) is 24.7. The van der Waals surface area contributed by atoms with Crippen LogP contribution in [0, 0.1) is 11.3 Å². The molecule has 0 saturated carbocycles. The maximum absolute atomic E-state index is 10.2. The number of aliphatic imine (C=N–C) groups is 2. The quantitative estimate of drug-likeness (QED) is 0.223. The Hall–Kier alpha value is -4.94. The summed E-state index contributed by atoms with van der Waals surface area (Å²) in [5.41, 5.74) is 12.7. The molecule has 216 valence electrons. The highest BCUT2D eigenvalue weighted by atomic mass is 16.3. The van der Waals surface area contributed by atoms with Crippen LogP contribution < -0.4 is 10.6 Å². The predicted molar refractivity (Wildman–Crippen MR) is 171 cm³/mol. The van der Waals surface area contributed by atoms with Crippen molar-refractivity contribution in [3.8, 4) is 17.2 Å². The Morgan fingerprint density at radius 2 is 1.93 bits per heavy atom. The molecule has 0 aliphatic carbocycles. The number of nitriles is 1. The molecule has 1 atom stereocenters. The number of aryl methyl sites for hydroxylation is 1. The van der Waals surface area contributed by atoms with E-state index in [1.165, 1.54) is 0 Å². The monoisotopic (exact) mass is 562 g/mol. The van der Waals surface area contributed by atoms with Crippen molar-refractivity contribution in [2.45, 2.75) is 46.8 Å². The number of allylic oxidation sites excluding steroid dienone is 2. The Bertz CT molecular complexity index is 1600. The summed E-state index contributed by atoms with van der Waals surface area (Å²) in [6.45, 7) is 17.3. The normalized spacial score (nSPS) is 14.5. The third-order valence-corrected chi connectivity index (χ3v) is 7.16. The molecule has 9 nitrogen and oxygen atoms in total. The van der Waals surface area contributed by atoms with E-state index < -0.39 is 6.10 Å². The van der Waals surface area contributed by atoms with Gasteiger partial charge in [0, 0.05) is 41.8 Å². The van der Waals surface area contributed by atoms with Crippen LogP contribution in [0.15, 0.2) is 101 Å². The van der Waals surface area contributed by atoms with Crippen molar-refractivity contribution in [3.05, 3.63) is 96.7 Å². The van der Waals surface area contributed by atoms with Crippen molar-refractivity contribution in [3.63, 3.8) is 0 Å². The van der Waals surface area contributed by atoms with Gasteiger partial charge in [-0.05, 0) is 57.9 Å². The van der Waals surface area contributed by atoms with Gasteiger partial charge in [-0.15, -0.1) is 0 Å². The number of fused-ring (bicyclic) bond motifs is 1. The fraction of sp³-hybridized carbons (Fsp3) is 0.273. The molecule has 2 aromatic carbocycles. The summed E-state index contributed by atoms with van der Waals surface area (Å²) >= 11 is 0. The molecule has 1 unspecified atom stereocenters. The van der Waals surface area contributed by atoms with Crippen LogP contribution in [-0.2, 0) is 6.54 Å². The zero-order valence-electron chi connectivity index (χ0n) is 24.7. The van der Waals surface area contributed by atoms with Crippen molar-refractivity contribution in [2.24, 2.45) is 15.7 Å². The highest BCUT2D eigenvalue weighted by molar-refractivity contribution is 6.15. The minimum atomic E-state index is -0.523. The molecular weight excluding hydrogens is 524 g/mol. The van der Waals surface area contributed by atoms with Crippen LogP contribution in [0.3, 0.4) is 0 Å². The molecule has 3 N–H and O–H groups in total. The van der Waals surface area contributed by atoms with Gasteiger partial charge in [0.05, 0.1) is 41.5 Å². The van der Waals surface area contributed by atoms with Crippen LogP contribution in [0.2, 0.25) is 0 Å². The number of anilines is 1. The molecule has 4 rings (SSSR count). The van der Waals surface area contributed by atoms with E-state index in [1.54, 1.807) is 13.8 Å². The molecular formula is C33H38N8O. The van der Waals surface area contributed by atoms with E-state index in [0.717, 1.165) is 46.1 Å². The summed E-state index contributed by atoms with van der Waals surface area (Å²) in [4.78, 5) is 13.5. The van der Waals surface area contributed by atoms with Gasteiger partial charge in [0.1, 0.15) is 17.7 Å². The summed E-state index contributed by atoms with van der Waals surface area (Å²) in [5.74, 6) is 0.865. The van der Waals surface area contributed by atoms with Gasteiger partial charge in [0.25, 0.3) is 0 Å². The third kappa shape index (κ3) is 6.51. The number of para-hydroxylation sites is 1. The van der Waals surface area contributed by atoms with E-state index in [0.29, 0.717) is 36.5 Å². The first-order valence-electron chi connectivity index (χ1n) is 14.0. The Morgan fingerprint density at radius 1 is 1.19 bits per heavy atom. The molecule has 1 aliphatic heterocycles. The van der Waals surface area contributed by atoms with Crippen LogP contribution in [-0.4, -0.2) is 50.5 Å². The van der Waals surface area contributed by atoms with Gasteiger partial charge in [-0.3, -0.25) is 9.58 Å². The van der Waals surface area contributed by atoms with Crippen molar-refractivity contribution in [1.82, 2.24) is 14.7 Å². The van der Waals surface area contributed by atoms with E-state index in [-0.39, 0.29) is 5.82 Å². The van der Waals surface area contributed by atoms with Crippen LogP contribution >= 0.6 is 0 Å². The second kappa shape index (κ2) is 13.1. The van der Waals surface area contributed by atoms with Gasteiger partial charge in [0.2, 0.25) is 0 Å². The van der Waals surface area contributed by atoms with Crippen LogP contribution in [0.1, 0.15) is 39.7 Å². The average Bonchev–Trinajstić information content (AvgIpc) is 3.44. The number of hydrogen-bond acceptors (Lipinski definition) is 8. The Labute approximate surface area is 247 Å². The van der Waals surface area contributed by atoms with Crippen molar-refractivity contribution < 1.29 is 5.11 Å². The van der Waals surface area contributed by atoms with Crippen molar-refractivity contribution in [1.29, 1.82) is 5.26 Å². The minimum absolute atomic E-state index is 0.128. The highest BCUT2D eigenvalue weighted by Crippen LogP contribution is 2.42. The molecule has 0 fully saturated rings. The molecule has 42 heavy (non-hydrogen) atoms. The van der Waals surface area contributed by atoms with Gasteiger partial charge >= 0.3 is 0 Å². The maximum atomic E-state index is 10.2. The lowest BCUT2D eigenvalue weighted by molar-refractivity contribution is 0.169. The van der Waals surface area contributed by atoms with Crippen LogP contribution in [0.4, 0.5) is 11.4 Å². The van der Waals surface area contributed by atoms with Crippen molar-refractivity contribution in [2.75, 3.05) is 18.0 Å². The molecule has 0 radical (unpaired) electrons. The molecule has 2 heterocycles. The van der Waals surface area contributed by atoms with Crippen LogP contribution in [0.25, 0.3) is 16.8 Å². The first kappa shape index (κ1) is 30.0. The van der Waals surface area contributed by atoms with E-state index in [1.807, 2.05) is 71.4 Å². The zero-order valence-corrected chi connectivity index (χ0v) is 24.7. The zero-order chi connectivity index (χ0) is 30.4.